The van der Waals surface area contributed by atoms with Gasteiger partial charge in [0.05, 0.1) is 13.2 Å². The summed E-state index contributed by atoms with van der Waals surface area (Å²) in [7, 11) is 0. The Morgan fingerprint density at radius 2 is 2.00 bits per heavy atom. The molecule has 1 saturated heterocycles. The van der Waals surface area contributed by atoms with Crippen LogP contribution in [0.5, 0.6) is 5.75 Å². The van der Waals surface area contributed by atoms with Gasteiger partial charge in [-0.05, 0) is 17.2 Å². The molecule has 0 saturated carbocycles. The first-order chi connectivity index (χ1) is 12.9. The molecule has 2 aromatic rings. The highest BCUT2D eigenvalue weighted by Crippen LogP contribution is 2.41. The van der Waals surface area contributed by atoms with Crippen LogP contribution in [0.2, 0.25) is 5.02 Å². The zero-order chi connectivity index (χ0) is 19.4. The number of carbonyl (C=O) groups is 2. The molecule has 5 N–H and O–H groups in total. The molecule has 3 amide bonds. The molecule has 1 fully saturated rings. The van der Waals surface area contributed by atoms with Crippen LogP contribution in [0.3, 0.4) is 0 Å². The lowest BCUT2D eigenvalue weighted by Crippen LogP contribution is -2.35. The van der Waals surface area contributed by atoms with Crippen LogP contribution in [0, 0.1) is 0 Å². The summed E-state index contributed by atoms with van der Waals surface area (Å²) in [6, 6.07) is 6.56. The minimum absolute atomic E-state index is 0.134. The number of anilines is 1. The van der Waals surface area contributed by atoms with Crippen LogP contribution in [0.1, 0.15) is 5.56 Å². The van der Waals surface area contributed by atoms with Crippen LogP contribution in [0.4, 0.5) is 14.6 Å². The maximum Gasteiger partial charge on any atom is 0.410 e. The summed E-state index contributed by atoms with van der Waals surface area (Å²) in [4.78, 5) is 25.2. The van der Waals surface area contributed by atoms with Gasteiger partial charge in [0, 0.05) is 35.6 Å². The van der Waals surface area contributed by atoms with Gasteiger partial charge >= 0.3 is 12.1 Å². The quantitative estimate of drug-likeness (QED) is 0.700. The van der Waals surface area contributed by atoms with Crippen molar-refractivity contribution in [1.82, 2.24) is 4.90 Å². The third kappa shape index (κ3) is 5.10. The van der Waals surface area contributed by atoms with Crippen molar-refractivity contribution in [3.8, 4) is 16.2 Å². The average molecular weight is 411 g/mol. The van der Waals surface area contributed by atoms with Crippen molar-refractivity contribution in [2.24, 2.45) is 11.5 Å². The van der Waals surface area contributed by atoms with Gasteiger partial charge in [-0.1, -0.05) is 23.7 Å². The maximum atomic E-state index is 11.2. The number of halogens is 1. The first kappa shape index (κ1) is 19.4. The number of urea groups is 1. The fourth-order valence-electron chi connectivity index (χ4n) is 2.73. The molecule has 0 spiro atoms. The Labute approximate surface area is 165 Å². The molecule has 2 heterocycles. The van der Waals surface area contributed by atoms with Crippen molar-refractivity contribution in [1.29, 1.82) is 0 Å². The molecule has 0 atom stereocenters. The molecular formula is C17H19ClN4O4S. The highest BCUT2D eigenvalue weighted by atomic mass is 35.5. The van der Waals surface area contributed by atoms with E-state index in [2.05, 4.69) is 10.2 Å². The number of morpholine rings is 1. The smallest absolute Gasteiger partial charge is 0.407 e. The van der Waals surface area contributed by atoms with Gasteiger partial charge in [0.2, 0.25) is 0 Å². The SMILES string of the molecule is NC(=O)Nc1sc(-c2ccc(CN3CCOCC3)c(Cl)c2)cc1OC(N)=O. The summed E-state index contributed by atoms with van der Waals surface area (Å²) < 4.78 is 10.3. The van der Waals surface area contributed by atoms with Crippen LogP contribution >= 0.6 is 22.9 Å². The minimum atomic E-state index is -0.981. The largest absolute Gasteiger partial charge is 0.410 e. The molecule has 10 heteroatoms. The van der Waals surface area contributed by atoms with Crippen molar-refractivity contribution in [2.45, 2.75) is 6.54 Å². The van der Waals surface area contributed by atoms with Crippen molar-refractivity contribution in [3.63, 3.8) is 0 Å². The van der Waals surface area contributed by atoms with E-state index in [0.717, 1.165) is 48.9 Å². The lowest BCUT2D eigenvalue weighted by molar-refractivity contribution is 0.0342. The fourth-order valence-corrected chi connectivity index (χ4v) is 3.95. The predicted octanol–water partition coefficient (Wildman–Crippen LogP) is 2.85. The average Bonchev–Trinajstić information content (AvgIpc) is 2.99. The zero-order valence-corrected chi connectivity index (χ0v) is 15.9. The third-order valence-electron chi connectivity index (χ3n) is 3.98. The van der Waals surface area contributed by atoms with E-state index in [0.29, 0.717) is 10.0 Å². The number of carbonyl (C=O) groups excluding carboxylic acids is 2. The zero-order valence-electron chi connectivity index (χ0n) is 14.4. The molecule has 1 aromatic heterocycles. The number of rotatable bonds is 5. The lowest BCUT2D eigenvalue weighted by Gasteiger charge is -2.27. The number of nitrogens with one attached hydrogen (secondary N) is 1. The summed E-state index contributed by atoms with van der Waals surface area (Å²) in [6.45, 7) is 3.95. The number of nitrogens with zero attached hydrogens (tertiary/aromatic N) is 1. The van der Waals surface area contributed by atoms with E-state index in [-0.39, 0.29) is 5.75 Å². The Kier molecular flexibility index (Phi) is 6.17. The molecule has 0 bridgehead atoms. The molecule has 3 rings (SSSR count). The fraction of sp³-hybridized carbons (Fsp3) is 0.294. The molecule has 27 heavy (non-hydrogen) atoms. The molecule has 1 aliphatic heterocycles. The molecule has 144 valence electrons. The number of hydrogen-bond donors (Lipinski definition) is 3. The van der Waals surface area contributed by atoms with Crippen molar-refractivity contribution < 1.29 is 19.1 Å². The van der Waals surface area contributed by atoms with Crippen molar-refractivity contribution in [3.05, 3.63) is 34.9 Å². The number of ether oxygens (including phenoxy) is 2. The number of benzene rings is 1. The van der Waals surface area contributed by atoms with E-state index in [4.69, 9.17) is 32.5 Å². The number of nitrogens with two attached hydrogens (primary N) is 2. The summed E-state index contributed by atoms with van der Waals surface area (Å²) in [5.41, 5.74) is 12.1. The normalized spacial score (nSPS) is 14.7. The number of primary amides is 2. The van der Waals surface area contributed by atoms with Crippen molar-refractivity contribution in [2.75, 3.05) is 31.6 Å². The highest BCUT2D eigenvalue weighted by molar-refractivity contribution is 7.20. The van der Waals surface area contributed by atoms with E-state index < -0.39 is 12.1 Å². The first-order valence-corrected chi connectivity index (χ1v) is 9.38. The van der Waals surface area contributed by atoms with Gasteiger partial charge < -0.3 is 20.9 Å². The number of amides is 3. The van der Waals surface area contributed by atoms with Crippen LogP contribution in [-0.2, 0) is 11.3 Å². The van der Waals surface area contributed by atoms with Crippen LogP contribution in [0.15, 0.2) is 24.3 Å². The first-order valence-electron chi connectivity index (χ1n) is 8.19. The van der Waals surface area contributed by atoms with Crippen LogP contribution in [-0.4, -0.2) is 43.3 Å². The summed E-state index contributed by atoms with van der Waals surface area (Å²) in [5, 5.41) is 3.35. The number of thiophene rings is 1. The molecule has 0 aliphatic carbocycles. The number of hydrogen-bond acceptors (Lipinski definition) is 6. The second-order valence-electron chi connectivity index (χ2n) is 5.91. The van der Waals surface area contributed by atoms with E-state index in [9.17, 15) is 9.59 Å². The summed E-state index contributed by atoms with van der Waals surface area (Å²) in [6.07, 6.45) is -0.981. The molecule has 0 radical (unpaired) electrons. The van der Waals surface area contributed by atoms with E-state index in [1.54, 1.807) is 6.07 Å². The van der Waals surface area contributed by atoms with Gasteiger partial charge in [-0.25, -0.2) is 9.59 Å². The van der Waals surface area contributed by atoms with Gasteiger partial charge in [-0.15, -0.1) is 11.3 Å². The topological polar surface area (TPSA) is 120 Å². The molecule has 0 unspecified atom stereocenters. The van der Waals surface area contributed by atoms with Gasteiger partial charge in [-0.3, -0.25) is 10.2 Å². The molecular weight excluding hydrogens is 392 g/mol. The Morgan fingerprint density at radius 3 is 2.63 bits per heavy atom. The van der Waals surface area contributed by atoms with Gasteiger partial charge in [0.15, 0.2) is 5.75 Å². The van der Waals surface area contributed by atoms with E-state index >= 15 is 0 Å². The Hall–Kier alpha value is -2.33. The predicted molar refractivity (Wildman–Crippen MR) is 104 cm³/mol. The highest BCUT2D eigenvalue weighted by Gasteiger charge is 2.17. The van der Waals surface area contributed by atoms with Gasteiger partial charge in [-0.2, -0.15) is 0 Å². The minimum Gasteiger partial charge on any atom is -0.407 e. The second kappa shape index (κ2) is 8.57. The van der Waals surface area contributed by atoms with E-state index in [1.807, 2.05) is 18.2 Å². The molecule has 1 aromatic carbocycles. The van der Waals surface area contributed by atoms with Crippen molar-refractivity contribution >= 4 is 40.1 Å². The standard InChI is InChI=1S/C17H19ClN4O4S/c18-12-7-10(1-2-11(12)9-22-3-5-25-6-4-22)14-8-13(26-17(20)24)15(27-14)21-16(19)23/h1-2,7-8H,3-6,9H2,(H2,20,24)(H3,19,21,23). The monoisotopic (exact) mass is 410 g/mol. The van der Waals surface area contributed by atoms with Crippen LogP contribution < -0.4 is 21.5 Å². The van der Waals surface area contributed by atoms with Gasteiger partial charge in [0.25, 0.3) is 0 Å². The second-order valence-corrected chi connectivity index (χ2v) is 7.37. The maximum absolute atomic E-state index is 11.2. The van der Waals surface area contributed by atoms with Gasteiger partial charge in [0.1, 0.15) is 5.00 Å². The third-order valence-corrected chi connectivity index (χ3v) is 5.41. The molecule has 1 aliphatic rings. The summed E-state index contributed by atoms with van der Waals surface area (Å²) in [5.74, 6) is 0.134. The Morgan fingerprint density at radius 1 is 1.26 bits per heavy atom. The molecule has 8 nitrogen and oxygen atoms in total. The Bertz CT molecular complexity index is 818. The lowest BCUT2D eigenvalue weighted by atomic mass is 10.1. The van der Waals surface area contributed by atoms with E-state index in [1.165, 1.54) is 11.3 Å². The Balaban J connectivity index is 1.82. The summed E-state index contributed by atoms with van der Waals surface area (Å²) >= 11 is 7.67. The van der Waals surface area contributed by atoms with Crippen LogP contribution in [0.25, 0.3) is 10.4 Å².